The number of aryl methyl sites for hydroxylation is 2. The van der Waals surface area contributed by atoms with Crippen LogP contribution in [-0.2, 0) is 12.8 Å². The average Bonchev–Trinajstić information content (AvgIpc) is 2.62. The highest BCUT2D eigenvalue weighted by atomic mass is 32.1. The average molecular weight is 380 g/mol. The summed E-state index contributed by atoms with van der Waals surface area (Å²) in [5.41, 5.74) is 0.851. The number of benzene rings is 3. The van der Waals surface area contributed by atoms with Gasteiger partial charge in [-0.3, -0.25) is 0 Å². The first-order valence-electron chi connectivity index (χ1n) is 7.76. The third kappa shape index (κ3) is 3.75. The van der Waals surface area contributed by atoms with Crippen LogP contribution in [0.2, 0.25) is 0 Å². The number of rotatable bonds is 4. The van der Waals surface area contributed by atoms with Crippen molar-refractivity contribution >= 4 is 12.6 Å². The molecule has 3 aromatic rings. The van der Waals surface area contributed by atoms with Crippen LogP contribution in [0.15, 0.2) is 53.4 Å². The molecule has 134 valence electrons. The van der Waals surface area contributed by atoms with Gasteiger partial charge in [0, 0.05) is 10.5 Å². The van der Waals surface area contributed by atoms with Crippen LogP contribution in [-0.4, -0.2) is 0 Å². The number of hydrogen-bond acceptors (Lipinski definition) is 1. The van der Waals surface area contributed by atoms with Crippen molar-refractivity contribution in [3.8, 4) is 11.1 Å². The maximum atomic E-state index is 14.4. The minimum Gasteiger partial charge on any atom is -0.204 e. The third-order valence-corrected chi connectivity index (χ3v) is 4.37. The Morgan fingerprint density at radius 1 is 0.654 bits per heavy atom. The second kappa shape index (κ2) is 7.50. The van der Waals surface area contributed by atoms with Crippen LogP contribution in [0, 0.1) is 29.1 Å². The first-order valence-corrected chi connectivity index (χ1v) is 8.21. The van der Waals surface area contributed by atoms with Crippen LogP contribution in [0.3, 0.4) is 0 Å². The minimum atomic E-state index is -1.55. The zero-order valence-corrected chi connectivity index (χ0v) is 14.3. The molecule has 0 aromatic heterocycles. The summed E-state index contributed by atoms with van der Waals surface area (Å²) >= 11 is 4.14. The minimum absolute atomic E-state index is 0.0170. The molecule has 0 N–H and O–H groups in total. The van der Waals surface area contributed by atoms with E-state index in [1.807, 2.05) is 0 Å². The third-order valence-electron chi connectivity index (χ3n) is 4.07. The molecule has 0 atom stereocenters. The van der Waals surface area contributed by atoms with Gasteiger partial charge in [0.1, 0.15) is 0 Å². The van der Waals surface area contributed by atoms with Gasteiger partial charge >= 0.3 is 0 Å². The molecular weight excluding hydrogens is 367 g/mol. The molecule has 0 unspecified atom stereocenters. The molecule has 0 fully saturated rings. The maximum absolute atomic E-state index is 14.4. The molecule has 0 bridgehead atoms. The van der Waals surface area contributed by atoms with Gasteiger partial charge < -0.3 is 0 Å². The fraction of sp³-hybridized carbons (Fsp3) is 0.100. The van der Waals surface area contributed by atoms with Gasteiger partial charge in [0.2, 0.25) is 0 Å². The van der Waals surface area contributed by atoms with Gasteiger partial charge in [0.05, 0.1) is 0 Å². The van der Waals surface area contributed by atoms with Crippen molar-refractivity contribution in [2.24, 2.45) is 0 Å². The van der Waals surface area contributed by atoms with Crippen molar-refractivity contribution in [2.45, 2.75) is 17.7 Å². The van der Waals surface area contributed by atoms with E-state index >= 15 is 0 Å². The Morgan fingerprint density at radius 2 is 1.27 bits per heavy atom. The summed E-state index contributed by atoms with van der Waals surface area (Å²) < 4.78 is 68.2. The molecule has 0 nitrogen and oxygen atoms in total. The zero-order chi connectivity index (χ0) is 18.8. The zero-order valence-electron chi connectivity index (χ0n) is 13.4. The topological polar surface area (TPSA) is 0 Å². The molecule has 0 spiro atoms. The summed E-state index contributed by atoms with van der Waals surface area (Å²) in [6, 6.07) is 11.2. The fourth-order valence-corrected chi connectivity index (χ4v) is 2.83. The quantitative estimate of drug-likeness (QED) is 0.314. The molecule has 0 saturated heterocycles. The van der Waals surface area contributed by atoms with Crippen molar-refractivity contribution in [1.82, 2.24) is 0 Å². The van der Waals surface area contributed by atoms with Crippen LogP contribution >= 0.6 is 12.6 Å². The van der Waals surface area contributed by atoms with E-state index < -0.39 is 29.1 Å². The van der Waals surface area contributed by atoms with E-state index in [2.05, 4.69) is 12.6 Å². The van der Waals surface area contributed by atoms with E-state index in [0.29, 0.717) is 10.5 Å². The molecule has 26 heavy (non-hydrogen) atoms. The summed E-state index contributed by atoms with van der Waals surface area (Å²) in [5, 5.41) is 0. The molecule has 0 aliphatic carbocycles. The molecule has 0 aliphatic heterocycles. The highest BCUT2D eigenvalue weighted by Crippen LogP contribution is 2.28. The van der Waals surface area contributed by atoms with Crippen LogP contribution < -0.4 is 0 Å². The van der Waals surface area contributed by atoms with E-state index in [1.165, 1.54) is 12.1 Å². The Hall–Kier alpha value is -2.34. The summed E-state index contributed by atoms with van der Waals surface area (Å²) in [6.07, 6.45) is 0.0568. The predicted molar refractivity (Wildman–Crippen MR) is 92.8 cm³/mol. The van der Waals surface area contributed by atoms with Gasteiger partial charge in [0.15, 0.2) is 29.1 Å². The van der Waals surface area contributed by atoms with E-state index in [1.54, 1.807) is 24.3 Å². The lowest BCUT2D eigenvalue weighted by molar-refractivity contribution is 0.445. The van der Waals surface area contributed by atoms with Crippen molar-refractivity contribution in [3.63, 3.8) is 0 Å². The first kappa shape index (κ1) is 18.5. The summed E-state index contributed by atoms with van der Waals surface area (Å²) in [4.78, 5) is 0.699. The molecule has 0 aliphatic rings. The summed E-state index contributed by atoms with van der Waals surface area (Å²) in [7, 11) is 0. The summed E-state index contributed by atoms with van der Waals surface area (Å²) in [5.74, 6) is -6.18. The Bertz CT molecular complexity index is 928. The van der Waals surface area contributed by atoms with E-state index in [9.17, 15) is 22.0 Å². The Balaban J connectivity index is 1.83. The van der Waals surface area contributed by atoms with E-state index in [-0.39, 0.29) is 29.5 Å². The SMILES string of the molecule is Fc1cc(CCc2ccc(-c3ccc(S)cc3)c(F)c2F)cc(F)c1F. The molecule has 6 heteroatoms. The lowest BCUT2D eigenvalue weighted by atomic mass is 9.99. The van der Waals surface area contributed by atoms with E-state index in [4.69, 9.17) is 0 Å². The Kier molecular flexibility index (Phi) is 5.32. The van der Waals surface area contributed by atoms with Crippen molar-refractivity contribution in [1.29, 1.82) is 0 Å². The lowest BCUT2D eigenvalue weighted by Gasteiger charge is -2.10. The standard InChI is InChI=1S/C20H13F5S/c21-16-9-11(10-17(22)20(16)25)1-2-13-5-8-15(19(24)18(13)23)12-3-6-14(26)7-4-12/h3-10,26H,1-2H2. The number of halogens is 5. The largest absolute Gasteiger partial charge is 0.204 e. The van der Waals surface area contributed by atoms with Crippen LogP contribution in [0.5, 0.6) is 0 Å². The van der Waals surface area contributed by atoms with Gasteiger partial charge in [-0.15, -0.1) is 12.6 Å². The molecule has 0 radical (unpaired) electrons. The van der Waals surface area contributed by atoms with Crippen LogP contribution in [0.4, 0.5) is 22.0 Å². The van der Waals surface area contributed by atoms with Crippen molar-refractivity contribution in [2.75, 3.05) is 0 Å². The van der Waals surface area contributed by atoms with Gasteiger partial charge in [-0.25, -0.2) is 22.0 Å². The second-order valence-electron chi connectivity index (χ2n) is 5.82. The van der Waals surface area contributed by atoms with Crippen LogP contribution in [0.25, 0.3) is 11.1 Å². The smallest absolute Gasteiger partial charge is 0.194 e. The normalized spacial score (nSPS) is 11.0. The molecular formula is C20H13F5S. The lowest BCUT2D eigenvalue weighted by Crippen LogP contribution is -2.01. The highest BCUT2D eigenvalue weighted by Gasteiger charge is 2.16. The van der Waals surface area contributed by atoms with Gasteiger partial charge in [-0.05, 0) is 53.8 Å². The monoisotopic (exact) mass is 380 g/mol. The second-order valence-corrected chi connectivity index (χ2v) is 6.34. The fourth-order valence-electron chi connectivity index (χ4n) is 2.68. The van der Waals surface area contributed by atoms with Crippen molar-refractivity contribution < 1.29 is 22.0 Å². The van der Waals surface area contributed by atoms with Crippen LogP contribution in [0.1, 0.15) is 11.1 Å². The van der Waals surface area contributed by atoms with E-state index in [0.717, 1.165) is 12.1 Å². The van der Waals surface area contributed by atoms with Crippen molar-refractivity contribution in [3.05, 3.63) is 88.7 Å². The van der Waals surface area contributed by atoms with Gasteiger partial charge in [0.25, 0.3) is 0 Å². The molecule has 0 saturated carbocycles. The number of thiol groups is 1. The van der Waals surface area contributed by atoms with Gasteiger partial charge in [-0.2, -0.15) is 0 Å². The predicted octanol–water partition coefficient (Wildman–Crippen LogP) is 6.12. The highest BCUT2D eigenvalue weighted by molar-refractivity contribution is 7.80. The molecule has 3 rings (SSSR count). The molecule has 3 aromatic carbocycles. The molecule has 0 heterocycles. The first-order chi connectivity index (χ1) is 12.4. The maximum Gasteiger partial charge on any atom is 0.194 e. The number of hydrogen-bond donors (Lipinski definition) is 1. The Labute approximate surface area is 152 Å². The Morgan fingerprint density at radius 3 is 1.88 bits per heavy atom. The molecule has 0 amide bonds. The summed E-state index contributed by atoms with van der Waals surface area (Å²) in [6.45, 7) is 0. The van der Waals surface area contributed by atoms with Gasteiger partial charge in [-0.1, -0.05) is 24.3 Å².